The van der Waals surface area contributed by atoms with Crippen LogP contribution in [0.5, 0.6) is 0 Å². The number of rotatable bonds is 5. The molecule has 1 atom stereocenters. The minimum atomic E-state index is -0.252. The lowest BCUT2D eigenvalue weighted by Gasteiger charge is -2.18. The summed E-state index contributed by atoms with van der Waals surface area (Å²) < 4.78 is 0. The van der Waals surface area contributed by atoms with Crippen LogP contribution in [0.2, 0.25) is 0 Å². The second kappa shape index (κ2) is 6.78. The lowest BCUT2D eigenvalue weighted by Crippen LogP contribution is -2.29. The molecule has 2 saturated carbocycles. The van der Waals surface area contributed by atoms with Crippen molar-refractivity contribution >= 4 is 28.3 Å². The smallest absolute Gasteiger partial charge is 0.231 e. The number of anilines is 1. The van der Waals surface area contributed by atoms with Gasteiger partial charge in [-0.2, -0.15) is 0 Å². The minimum absolute atomic E-state index is 0.0898. The maximum Gasteiger partial charge on any atom is 0.231 e. The zero-order valence-electron chi connectivity index (χ0n) is 13.9. The molecule has 6 nitrogen and oxygen atoms in total. The van der Waals surface area contributed by atoms with Crippen molar-refractivity contribution in [3.63, 3.8) is 0 Å². The number of amides is 2. The Hall–Kier alpha value is -1.50. The predicted molar refractivity (Wildman–Crippen MR) is 91.8 cm³/mol. The highest BCUT2D eigenvalue weighted by Gasteiger charge is 2.37. The number of hydrogen-bond acceptors (Lipinski definition) is 5. The van der Waals surface area contributed by atoms with E-state index in [1.54, 1.807) is 0 Å². The van der Waals surface area contributed by atoms with E-state index in [0.29, 0.717) is 29.9 Å². The molecule has 2 heterocycles. The Bertz CT molecular complexity index is 622. The van der Waals surface area contributed by atoms with Gasteiger partial charge < -0.3 is 10.2 Å². The van der Waals surface area contributed by atoms with Gasteiger partial charge in [-0.05, 0) is 31.6 Å². The summed E-state index contributed by atoms with van der Waals surface area (Å²) >= 11 is 1.50. The van der Waals surface area contributed by atoms with Crippen molar-refractivity contribution < 1.29 is 9.59 Å². The maximum atomic E-state index is 12.4. The summed E-state index contributed by atoms with van der Waals surface area (Å²) in [6.45, 7) is 1.38. The molecule has 0 radical (unpaired) electrons. The van der Waals surface area contributed by atoms with Gasteiger partial charge in [-0.25, -0.2) is 0 Å². The van der Waals surface area contributed by atoms with E-state index in [4.69, 9.17) is 0 Å². The Morgan fingerprint density at radius 3 is 2.71 bits per heavy atom. The van der Waals surface area contributed by atoms with E-state index in [2.05, 4.69) is 15.5 Å². The number of carbonyl (C=O) groups is 2. The molecule has 1 aliphatic heterocycles. The van der Waals surface area contributed by atoms with Crippen LogP contribution in [0.4, 0.5) is 5.13 Å². The number of nitrogens with zero attached hydrogens (tertiary/aromatic N) is 3. The molecule has 0 spiro atoms. The Morgan fingerprint density at radius 1 is 1.17 bits per heavy atom. The zero-order valence-corrected chi connectivity index (χ0v) is 14.7. The lowest BCUT2D eigenvalue weighted by molar-refractivity contribution is -0.128. The number of aromatic nitrogens is 2. The predicted octanol–water partition coefficient (Wildman–Crippen LogP) is 2.78. The number of hydrogen-bond donors (Lipinski definition) is 1. The van der Waals surface area contributed by atoms with Crippen molar-refractivity contribution in [2.75, 3.05) is 18.4 Å². The second-order valence-corrected chi connectivity index (χ2v) is 8.42. The van der Waals surface area contributed by atoms with Crippen LogP contribution >= 0.6 is 11.3 Å². The van der Waals surface area contributed by atoms with Gasteiger partial charge >= 0.3 is 0 Å². The summed E-state index contributed by atoms with van der Waals surface area (Å²) in [6, 6.07) is 0. The molecule has 2 aliphatic carbocycles. The Kier molecular flexibility index (Phi) is 4.52. The van der Waals surface area contributed by atoms with Crippen LogP contribution < -0.4 is 5.32 Å². The molecule has 24 heavy (non-hydrogen) atoms. The molecule has 1 saturated heterocycles. The summed E-state index contributed by atoms with van der Waals surface area (Å²) in [6.07, 6.45) is 8.94. The highest BCUT2D eigenvalue weighted by Crippen LogP contribution is 2.35. The number of nitrogens with one attached hydrogen (secondary N) is 1. The summed E-state index contributed by atoms with van der Waals surface area (Å²) in [5.74, 6) is 0.939. The van der Waals surface area contributed by atoms with Crippen molar-refractivity contribution in [3.05, 3.63) is 5.01 Å². The SMILES string of the molecule is O=C(Nc1nnc(C2CCCCC2)s1)[C@@H]1CC(=O)N(CC2CC2)C1. The first-order chi connectivity index (χ1) is 11.7. The van der Waals surface area contributed by atoms with E-state index in [0.717, 1.165) is 11.6 Å². The number of likely N-dealkylation sites (tertiary alicyclic amines) is 1. The van der Waals surface area contributed by atoms with Crippen molar-refractivity contribution in [1.82, 2.24) is 15.1 Å². The molecule has 2 amide bonds. The average Bonchev–Trinajstić information content (AvgIpc) is 3.16. The first-order valence-electron chi connectivity index (χ1n) is 9.11. The zero-order chi connectivity index (χ0) is 16.5. The van der Waals surface area contributed by atoms with Crippen LogP contribution in [0, 0.1) is 11.8 Å². The molecule has 4 rings (SSSR count). The van der Waals surface area contributed by atoms with Gasteiger partial charge in [-0.3, -0.25) is 9.59 Å². The van der Waals surface area contributed by atoms with Crippen molar-refractivity contribution in [2.24, 2.45) is 11.8 Å². The van der Waals surface area contributed by atoms with Crippen LogP contribution in [-0.4, -0.2) is 40.0 Å². The van der Waals surface area contributed by atoms with E-state index < -0.39 is 0 Å². The van der Waals surface area contributed by atoms with Gasteiger partial charge in [0.15, 0.2) is 0 Å². The molecule has 0 aromatic carbocycles. The average molecular weight is 348 g/mol. The van der Waals surface area contributed by atoms with Gasteiger partial charge in [0.25, 0.3) is 0 Å². The molecule has 7 heteroatoms. The summed E-state index contributed by atoms with van der Waals surface area (Å²) in [7, 11) is 0. The topological polar surface area (TPSA) is 75.2 Å². The third-order valence-electron chi connectivity index (χ3n) is 5.39. The van der Waals surface area contributed by atoms with Crippen molar-refractivity contribution in [1.29, 1.82) is 0 Å². The fourth-order valence-electron chi connectivity index (χ4n) is 3.74. The second-order valence-electron chi connectivity index (χ2n) is 7.41. The van der Waals surface area contributed by atoms with Gasteiger partial charge in [-0.1, -0.05) is 30.6 Å². The lowest BCUT2D eigenvalue weighted by atomic mass is 9.90. The fourth-order valence-corrected chi connectivity index (χ4v) is 4.66. The molecule has 1 aromatic heterocycles. The van der Waals surface area contributed by atoms with Gasteiger partial charge in [0.2, 0.25) is 16.9 Å². The minimum Gasteiger partial charge on any atom is -0.342 e. The highest BCUT2D eigenvalue weighted by atomic mass is 32.1. The molecular formula is C17H24N4O2S. The first-order valence-corrected chi connectivity index (χ1v) is 9.92. The van der Waals surface area contributed by atoms with Crippen LogP contribution in [0.15, 0.2) is 0 Å². The summed E-state index contributed by atoms with van der Waals surface area (Å²) in [4.78, 5) is 26.3. The Balaban J connectivity index is 1.32. The number of carbonyl (C=O) groups excluding carboxylic acids is 2. The van der Waals surface area contributed by atoms with Gasteiger partial charge in [0.1, 0.15) is 5.01 Å². The molecule has 3 fully saturated rings. The largest absolute Gasteiger partial charge is 0.342 e. The maximum absolute atomic E-state index is 12.4. The molecule has 1 N–H and O–H groups in total. The Morgan fingerprint density at radius 2 is 1.96 bits per heavy atom. The molecule has 3 aliphatic rings. The van der Waals surface area contributed by atoms with Gasteiger partial charge in [0, 0.05) is 25.4 Å². The molecule has 0 bridgehead atoms. The normalized spacial score (nSPS) is 25.2. The van der Waals surface area contributed by atoms with Crippen molar-refractivity contribution in [2.45, 2.75) is 57.3 Å². The molecular weight excluding hydrogens is 324 g/mol. The third-order valence-corrected chi connectivity index (χ3v) is 6.39. The van der Waals surface area contributed by atoms with Crippen LogP contribution in [0.1, 0.15) is 62.3 Å². The first kappa shape index (κ1) is 16.0. The van der Waals surface area contributed by atoms with E-state index in [1.165, 1.54) is 56.3 Å². The fraction of sp³-hybridized carbons (Fsp3) is 0.765. The van der Waals surface area contributed by atoms with Crippen LogP contribution in [0.3, 0.4) is 0 Å². The molecule has 130 valence electrons. The summed E-state index contributed by atoms with van der Waals surface area (Å²) in [5.41, 5.74) is 0. The van der Waals surface area contributed by atoms with E-state index in [9.17, 15) is 9.59 Å². The van der Waals surface area contributed by atoms with E-state index in [1.807, 2.05) is 4.90 Å². The van der Waals surface area contributed by atoms with E-state index >= 15 is 0 Å². The molecule has 0 unspecified atom stereocenters. The van der Waals surface area contributed by atoms with Gasteiger partial charge in [0.05, 0.1) is 5.92 Å². The quantitative estimate of drug-likeness (QED) is 0.888. The van der Waals surface area contributed by atoms with Gasteiger partial charge in [-0.15, -0.1) is 10.2 Å². The van der Waals surface area contributed by atoms with E-state index in [-0.39, 0.29) is 17.7 Å². The van der Waals surface area contributed by atoms with Crippen molar-refractivity contribution in [3.8, 4) is 0 Å². The van der Waals surface area contributed by atoms with Crippen LogP contribution in [0.25, 0.3) is 0 Å². The Labute approximate surface area is 146 Å². The highest BCUT2D eigenvalue weighted by molar-refractivity contribution is 7.15. The summed E-state index contributed by atoms with van der Waals surface area (Å²) in [5, 5.41) is 12.9. The molecule has 1 aromatic rings. The third kappa shape index (κ3) is 3.61. The monoisotopic (exact) mass is 348 g/mol. The van der Waals surface area contributed by atoms with Crippen LogP contribution in [-0.2, 0) is 9.59 Å². The standard InChI is InChI=1S/C17H24N4O2S/c22-14-8-13(10-21(14)9-11-6-7-11)15(23)18-17-20-19-16(24-17)12-4-2-1-3-5-12/h11-13H,1-10H2,(H,18,20,23)/t13-/m1/s1.